The van der Waals surface area contributed by atoms with Crippen molar-refractivity contribution < 1.29 is 19.1 Å². The van der Waals surface area contributed by atoms with Gasteiger partial charge in [-0.2, -0.15) is 0 Å². The van der Waals surface area contributed by atoms with Gasteiger partial charge in [-0.25, -0.2) is 0 Å². The highest BCUT2D eigenvalue weighted by Crippen LogP contribution is 2.45. The van der Waals surface area contributed by atoms with Crippen molar-refractivity contribution in [2.75, 3.05) is 17.7 Å². The molecule has 0 bridgehead atoms. The molecule has 5 rings (SSSR count). The molecule has 0 unspecified atom stereocenters. The maximum absolute atomic E-state index is 13.6. The Hall–Kier alpha value is -4.06. The monoisotopic (exact) mass is 454 g/mol. The Morgan fingerprint density at radius 1 is 0.882 bits per heavy atom. The SMILES string of the molecule is COc1cc([C@H]2Nc3ccccc3NC3=C2C(=O)C[C@H](c2ccccc2)C3)ccc1OC(C)=O. The number of benzene rings is 3. The van der Waals surface area contributed by atoms with Crippen LogP contribution in [0.2, 0.25) is 0 Å². The summed E-state index contributed by atoms with van der Waals surface area (Å²) in [6, 6.07) is 23.2. The van der Waals surface area contributed by atoms with E-state index in [1.165, 1.54) is 19.6 Å². The fourth-order valence-electron chi connectivity index (χ4n) is 4.81. The minimum absolute atomic E-state index is 0.107. The van der Waals surface area contributed by atoms with Gasteiger partial charge in [-0.3, -0.25) is 9.59 Å². The van der Waals surface area contributed by atoms with Gasteiger partial charge in [0.05, 0.1) is 24.5 Å². The van der Waals surface area contributed by atoms with Gasteiger partial charge >= 0.3 is 5.97 Å². The molecule has 2 atom stereocenters. The lowest BCUT2D eigenvalue weighted by Crippen LogP contribution is -2.26. The molecule has 0 radical (unpaired) electrons. The molecule has 1 heterocycles. The van der Waals surface area contributed by atoms with E-state index in [-0.39, 0.29) is 17.7 Å². The number of para-hydroxylation sites is 2. The molecule has 0 fully saturated rings. The summed E-state index contributed by atoms with van der Waals surface area (Å²) in [6.07, 6.45) is 1.18. The van der Waals surface area contributed by atoms with Gasteiger partial charge in [0, 0.05) is 24.6 Å². The standard InChI is InChI=1S/C28H26N2O4/c1-17(31)34-25-13-12-19(16-26(25)33-2)28-27-23(29-21-10-6-7-11-22(21)30-28)14-20(15-24(27)32)18-8-4-3-5-9-18/h3-13,16,20,28-30H,14-15H2,1-2H3/t20-,28-/m1/s1. The Morgan fingerprint density at radius 3 is 2.35 bits per heavy atom. The summed E-state index contributed by atoms with van der Waals surface area (Å²) in [4.78, 5) is 25.1. The predicted molar refractivity (Wildman–Crippen MR) is 131 cm³/mol. The zero-order valence-corrected chi connectivity index (χ0v) is 19.1. The molecule has 3 aromatic carbocycles. The second kappa shape index (κ2) is 9.06. The van der Waals surface area contributed by atoms with Crippen molar-refractivity contribution >= 4 is 23.1 Å². The van der Waals surface area contributed by atoms with Crippen LogP contribution < -0.4 is 20.1 Å². The Kier molecular flexibility index (Phi) is 5.80. The predicted octanol–water partition coefficient (Wildman–Crippen LogP) is 5.60. The van der Waals surface area contributed by atoms with Crippen molar-refractivity contribution in [3.63, 3.8) is 0 Å². The molecule has 0 saturated heterocycles. The lowest BCUT2D eigenvalue weighted by atomic mass is 9.78. The van der Waals surface area contributed by atoms with Crippen LogP contribution in [0.1, 0.15) is 42.9 Å². The minimum Gasteiger partial charge on any atom is -0.493 e. The largest absolute Gasteiger partial charge is 0.493 e. The number of ether oxygens (including phenoxy) is 2. The molecule has 34 heavy (non-hydrogen) atoms. The molecule has 172 valence electrons. The number of rotatable bonds is 4. The van der Waals surface area contributed by atoms with Crippen LogP contribution in [0.4, 0.5) is 11.4 Å². The minimum atomic E-state index is -0.420. The van der Waals surface area contributed by atoms with Gasteiger partial charge in [0.15, 0.2) is 17.3 Å². The van der Waals surface area contributed by atoms with Gasteiger partial charge in [0.25, 0.3) is 0 Å². The summed E-state index contributed by atoms with van der Waals surface area (Å²) in [5, 5.41) is 7.12. The third kappa shape index (κ3) is 4.15. The molecule has 0 amide bonds. The van der Waals surface area contributed by atoms with Gasteiger partial charge in [-0.05, 0) is 47.7 Å². The smallest absolute Gasteiger partial charge is 0.308 e. The van der Waals surface area contributed by atoms with Crippen LogP contribution in [0, 0.1) is 0 Å². The van der Waals surface area contributed by atoms with E-state index in [1.807, 2.05) is 54.6 Å². The Bertz CT molecular complexity index is 1280. The highest BCUT2D eigenvalue weighted by atomic mass is 16.6. The highest BCUT2D eigenvalue weighted by molar-refractivity contribution is 6.01. The first-order chi connectivity index (χ1) is 16.5. The lowest BCUT2D eigenvalue weighted by Gasteiger charge is -2.30. The van der Waals surface area contributed by atoms with Crippen LogP contribution in [-0.2, 0) is 9.59 Å². The molecule has 0 spiro atoms. The normalized spacial score (nSPS) is 19.2. The van der Waals surface area contributed by atoms with Gasteiger partial charge < -0.3 is 20.1 Å². The van der Waals surface area contributed by atoms with E-state index in [1.54, 1.807) is 6.07 Å². The van der Waals surface area contributed by atoms with Crippen molar-refractivity contribution in [1.29, 1.82) is 0 Å². The molecule has 1 aliphatic heterocycles. The van der Waals surface area contributed by atoms with Crippen molar-refractivity contribution in [3.8, 4) is 11.5 Å². The quantitative estimate of drug-likeness (QED) is 0.395. The maximum Gasteiger partial charge on any atom is 0.308 e. The van der Waals surface area contributed by atoms with Gasteiger partial charge in [0.2, 0.25) is 0 Å². The summed E-state index contributed by atoms with van der Waals surface area (Å²) in [7, 11) is 1.53. The van der Waals surface area contributed by atoms with Crippen LogP contribution in [-0.4, -0.2) is 18.9 Å². The lowest BCUT2D eigenvalue weighted by molar-refractivity contribution is -0.132. The highest BCUT2D eigenvalue weighted by Gasteiger charge is 2.36. The number of anilines is 2. The summed E-state index contributed by atoms with van der Waals surface area (Å²) >= 11 is 0. The Morgan fingerprint density at radius 2 is 1.62 bits per heavy atom. The van der Waals surface area contributed by atoms with Gasteiger partial charge in [-0.1, -0.05) is 48.5 Å². The molecule has 6 nitrogen and oxygen atoms in total. The number of allylic oxidation sites excluding steroid dienone is 1. The summed E-state index contributed by atoms with van der Waals surface area (Å²) in [5.74, 6) is 0.589. The Labute approximate surface area is 198 Å². The molecule has 2 N–H and O–H groups in total. The average molecular weight is 455 g/mol. The third-order valence-corrected chi connectivity index (χ3v) is 6.35. The van der Waals surface area contributed by atoms with Crippen LogP contribution >= 0.6 is 0 Å². The number of nitrogens with one attached hydrogen (secondary N) is 2. The van der Waals surface area contributed by atoms with Gasteiger partial charge in [-0.15, -0.1) is 0 Å². The van der Waals surface area contributed by atoms with Crippen LogP contribution in [0.15, 0.2) is 84.1 Å². The van der Waals surface area contributed by atoms with E-state index in [0.29, 0.717) is 17.9 Å². The van der Waals surface area contributed by atoms with E-state index in [2.05, 4.69) is 22.8 Å². The number of ketones is 1. The molecule has 3 aromatic rings. The van der Waals surface area contributed by atoms with E-state index < -0.39 is 5.97 Å². The van der Waals surface area contributed by atoms with Crippen LogP contribution in [0.5, 0.6) is 11.5 Å². The number of carbonyl (C=O) groups excluding carboxylic acids is 2. The zero-order valence-electron chi connectivity index (χ0n) is 19.1. The summed E-state index contributed by atoms with van der Waals surface area (Å²) < 4.78 is 10.8. The number of Topliss-reactive ketones (excluding diaryl/α,β-unsaturated/α-hetero) is 1. The topological polar surface area (TPSA) is 76.7 Å². The average Bonchev–Trinajstić information content (AvgIpc) is 3.01. The first kappa shape index (κ1) is 21.8. The number of fused-ring (bicyclic) bond motifs is 1. The van der Waals surface area contributed by atoms with Crippen molar-refractivity contribution in [3.05, 3.63) is 95.2 Å². The van der Waals surface area contributed by atoms with E-state index in [9.17, 15) is 9.59 Å². The molecular weight excluding hydrogens is 428 g/mol. The molecule has 0 aromatic heterocycles. The van der Waals surface area contributed by atoms with E-state index in [0.717, 1.165) is 34.6 Å². The van der Waals surface area contributed by atoms with E-state index in [4.69, 9.17) is 9.47 Å². The zero-order chi connectivity index (χ0) is 23.7. The first-order valence-corrected chi connectivity index (χ1v) is 11.3. The maximum atomic E-state index is 13.6. The summed E-state index contributed by atoms with van der Waals surface area (Å²) in [6.45, 7) is 1.35. The molecule has 1 aliphatic carbocycles. The van der Waals surface area contributed by atoms with Crippen molar-refractivity contribution in [2.45, 2.75) is 31.7 Å². The Balaban J connectivity index is 1.60. The fourth-order valence-corrected chi connectivity index (χ4v) is 4.81. The fraction of sp³-hybridized carbons (Fsp3) is 0.214. The van der Waals surface area contributed by atoms with Crippen molar-refractivity contribution in [1.82, 2.24) is 0 Å². The number of carbonyl (C=O) groups is 2. The number of methoxy groups -OCH3 is 1. The van der Waals surface area contributed by atoms with Gasteiger partial charge in [0.1, 0.15) is 0 Å². The van der Waals surface area contributed by atoms with E-state index >= 15 is 0 Å². The molecule has 6 heteroatoms. The molecule has 0 saturated carbocycles. The summed E-state index contributed by atoms with van der Waals surface area (Å²) in [5.41, 5.74) is 5.52. The number of hydrogen-bond acceptors (Lipinski definition) is 6. The second-order valence-electron chi connectivity index (χ2n) is 8.58. The van der Waals surface area contributed by atoms with Crippen LogP contribution in [0.3, 0.4) is 0 Å². The molecular formula is C28H26N2O4. The first-order valence-electron chi connectivity index (χ1n) is 11.3. The van der Waals surface area contributed by atoms with Crippen molar-refractivity contribution in [2.24, 2.45) is 0 Å². The number of esters is 1. The number of hydrogen-bond donors (Lipinski definition) is 2. The molecule has 2 aliphatic rings. The van der Waals surface area contributed by atoms with Crippen LogP contribution in [0.25, 0.3) is 0 Å². The second-order valence-corrected chi connectivity index (χ2v) is 8.58. The third-order valence-electron chi connectivity index (χ3n) is 6.35.